The summed E-state index contributed by atoms with van der Waals surface area (Å²) in [4.78, 5) is 19.5. The molecule has 2 N–H and O–H groups in total. The lowest BCUT2D eigenvalue weighted by atomic mass is 10.1. The Balaban J connectivity index is 1.88. The topological polar surface area (TPSA) is 66.9 Å². The van der Waals surface area contributed by atoms with Crippen molar-refractivity contribution in [1.82, 2.24) is 9.97 Å². The minimum absolute atomic E-state index is 0.308. The fraction of sp³-hybridized carbons (Fsp3) is 0. The normalized spacial score (nSPS) is 10.6. The van der Waals surface area contributed by atoms with Gasteiger partial charge in [-0.25, -0.2) is 9.37 Å². The van der Waals surface area contributed by atoms with Crippen LogP contribution >= 0.6 is 11.6 Å². The Labute approximate surface area is 165 Å². The van der Waals surface area contributed by atoms with E-state index < -0.39 is 5.82 Å². The molecule has 0 radical (unpaired) electrons. The van der Waals surface area contributed by atoms with Gasteiger partial charge in [0.2, 0.25) is 6.41 Å². The van der Waals surface area contributed by atoms with E-state index in [1.54, 1.807) is 24.4 Å². The molecule has 2 heterocycles. The maximum atomic E-state index is 14.4. The molecule has 0 unspecified atom stereocenters. The third-order valence-corrected chi connectivity index (χ3v) is 4.46. The molecule has 0 aliphatic heterocycles. The molecule has 0 aliphatic rings. The van der Waals surface area contributed by atoms with Gasteiger partial charge in [-0.1, -0.05) is 29.8 Å². The van der Waals surface area contributed by atoms with Gasteiger partial charge in [0.15, 0.2) is 0 Å². The Morgan fingerprint density at radius 1 is 1.00 bits per heavy atom. The van der Waals surface area contributed by atoms with Crippen LogP contribution in [0.5, 0.6) is 0 Å². The molecule has 2 aromatic heterocycles. The quantitative estimate of drug-likeness (QED) is 0.446. The van der Waals surface area contributed by atoms with Gasteiger partial charge in [-0.15, -0.1) is 0 Å². The summed E-state index contributed by atoms with van der Waals surface area (Å²) in [6.45, 7) is 0. The number of carbonyl (C=O) groups excluding carboxylic acids is 1. The van der Waals surface area contributed by atoms with E-state index in [4.69, 9.17) is 11.6 Å². The Morgan fingerprint density at radius 2 is 1.86 bits per heavy atom. The first kappa shape index (κ1) is 17.9. The number of benzene rings is 2. The average molecular weight is 393 g/mol. The Morgan fingerprint density at radius 3 is 2.71 bits per heavy atom. The first-order valence-electron chi connectivity index (χ1n) is 8.42. The lowest BCUT2D eigenvalue weighted by molar-refractivity contribution is -0.105. The molecule has 0 aliphatic carbocycles. The van der Waals surface area contributed by atoms with Crippen molar-refractivity contribution in [2.24, 2.45) is 0 Å². The molecule has 4 aromatic rings. The van der Waals surface area contributed by atoms with E-state index in [1.807, 2.05) is 24.3 Å². The number of nitrogens with one attached hydrogen (secondary N) is 2. The number of anilines is 3. The summed E-state index contributed by atoms with van der Waals surface area (Å²) < 4.78 is 14.4. The molecule has 0 fully saturated rings. The van der Waals surface area contributed by atoms with Crippen molar-refractivity contribution in [3.63, 3.8) is 0 Å². The van der Waals surface area contributed by atoms with Crippen molar-refractivity contribution in [1.29, 1.82) is 0 Å². The number of pyridine rings is 2. The molecule has 1 amide bonds. The van der Waals surface area contributed by atoms with Gasteiger partial charge < -0.3 is 10.6 Å². The summed E-state index contributed by atoms with van der Waals surface area (Å²) in [6, 6.07) is 15.4. The van der Waals surface area contributed by atoms with Crippen molar-refractivity contribution in [2.45, 2.75) is 0 Å². The van der Waals surface area contributed by atoms with Gasteiger partial charge in [0.25, 0.3) is 0 Å². The van der Waals surface area contributed by atoms with Gasteiger partial charge >= 0.3 is 0 Å². The van der Waals surface area contributed by atoms with Crippen LogP contribution in [-0.2, 0) is 4.79 Å². The van der Waals surface area contributed by atoms with E-state index in [-0.39, 0.29) is 0 Å². The van der Waals surface area contributed by atoms with Crippen LogP contribution in [0, 0.1) is 5.82 Å². The molecule has 7 heteroatoms. The maximum Gasteiger partial charge on any atom is 0.211 e. The second kappa shape index (κ2) is 7.62. The van der Waals surface area contributed by atoms with E-state index in [0.717, 1.165) is 5.39 Å². The zero-order valence-corrected chi connectivity index (χ0v) is 15.2. The van der Waals surface area contributed by atoms with E-state index >= 15 is 0 Å². The molecule has 0 saturated carbocycles. The third-order valence-electron chi connectivity index (χ3n) is 4.23. The second-order valence-electron chi connectivity index (χ2n) is 6.00. The standard InChI is InChI=1S/C21H14ClFN4O/c22-13-5-6-16(23)15(9-13)20-10-19(14-3-1-2-4-17(14)26-20)27-18-7-8-24-11-21(18)25-12-28/h1-12H,(H,25,28)(H,24,26,27). The SMILES string of the molecule is O=CNc1cnccc1Nc1cc(-c2cc(Cl)ccc2F)nc2ccccc12. The first-order chi connectivity index (χ1) is 13.7. The van der Waals surface area contributed by atoms with E-state index in [1.165, 1.54) is 18.3 Å². The molecule has 0 spiro atoms. The van der Waals surface area contributed by atoms with Crippen LogP contribution in [0.4, 0.5) is 21.5 Å². The van der Waals surface area contributed by atoms with Crippen molar-refractivity contribution in [3.8, 4) is 11.3 Å². The number of rotatable bonds is 5. The van der Waals surface area contributed by atoms with Gasteiger partial charge in [-0.2, -0.15) is 0 Å². The van der Waals surface area contributed by atoms with Gasteiger partial charge in [-0.05, 0) is 36.4 Å². The van der Waals surface area contributed by atoms with E-state index in [0.29, 0.717) is 45.3 Å². The Bertz CT molecular complexity index is 1180. The van der Waals surface area contributed by atoms with Crippen molar-refractivity contribution >= 4 is 46.0 Å². The van der Waals surface area contributed by atoms with Crippen LogP contribution in [0.2, 0.25) is 5.02 Å². The number of hydrogen-bond donors (Lipinski definition) is 2. The predicted octanol–water partition coefficient (Wildman–Crippen LogP) is 5.40. The Hall–Kier alpha value is -3.51. The third kappa shape index (κ3) is 3.50. The van der Waals surface area contributed by atoms with Crippen LogP contribution in [0.3, 0.4) is 0 Å². The summed E-state index contributed by atoms with van der Waals surface area (Å²) in [5.41, 5.74) is 3.33. The van der Waals surface area contributed by atoms with Gasteiger partial charge in [0.05, 0.1) is 34.5 Å². The molecule has 138 valence electrons. The summed E-state index contributed by atoms with van der Waals surface area (Å²) in [6.07, 6.45) is 3.73. The van der Waals surface area contributed by atoms with Crippen molar-refractivity contribution in [3.05, 3.63) is 77.8 Å². The highest BCUT2D eigenvalue weighted by Gasteiger charge is 2.13. The number of fused-ring (bicyclic) bond motifs is 1. The minimum Gasteiger partial charge on any atom is -0.353 e. The highest BCUT2D eigenvalue weighted by molar-refractivity contribution is 6.30. The average Bonchev–Trinajstić information content (AvgIpc) is 2.71. The molecule has 28 heavy (non-hydrogen) atoms. The van der Waals surface area contributed by atoms with Crippen LogP contribution in [0.25, 0.3) is 22.2 Å². The maximum absolute atomic E-state index is 14.4. The predicted molar refractivity (Wildman–Crippen MR) is 109 cm³/mol. The van der Waals surface area contributed by atoms with E-state index in [2.05, 4.69) is 20.6 Å². The molecule has 0 atom stereocenters. The van der Waals surface area contributed by atoms with Gasteiger partial charge in [0.1, 0.15) is 5.82 Å². The number of amides is 1. The highest BCUT2D eigenvalue weighted by Crippen LogP contribution is 2.34. The number of halogens is 2. The van der Waals surface area contributed by atoms with Crippen molar-refractivity contribution < 1.29 is 9.18 Å². The summed E-state index contributed by atoms with van der Waals surface area (Å²) in [5.74, 6) is -0.412. The summed E-state index contributed by atoms with van der Waals surface area (Å²) in [7, 11) is 0. The molecule has 0 saturated heterocycles. The molecular formula is C21H14ClFN4O. The molecule has 2 aromatic carbocycles. The minimum atomic E-state index is -0.412. The lowest BCUT2D eigenvalue weighted by Gasteiger charge is -2.14. The number of carbonyl (C=O) groups is 1. The Kier molecular flexibility index (Phi) is 4.87. The molecule has 5 nitrogen and oxygen atoms in total. The number of para-hydroxylation sites is 1. The second-order valence-corrected chi connectivity index (χ2v) is 6.44. The zero-order chi connectivity index (χ0) is 19.5. The van der Waals surface area contributed by atoms with Crippen LogP contribution < -0.4 is 10.6 Å². The lowest BCUT2D eigenvalue weighted by Crippen LogP contribution is -2.01. The molecular weight excluding hydrogens is 379 g/mol. The fourth-order valence-electron chi connectivity index (χ4n) is 2.94. The van der Waals surface area contributed by atoms with Crippen molar-refractivity contribution in [2.75, 3.05) is 10.6 Å². The van der Waals surface area contributed by atoms with E-state index in [9.17, 15) is 9.18 Å². The van der Waals surface area contributed by atoms with Crippen LogP contribution in [0.1, 0.15) is 0 Å². The number of nitrogens with zero attached hydrogens (tertiary/aromatic N) is 2. The smallest absolute Gasteiger partial charge is 0.211 e. The fourth-order valence-corrected chi connectivity index (χ4v) is 3.11. The molecule has 4 rings (SSSR count). The molecule has 0 bridgehead atoms. The highest BCUT2D eigenvalue weighted by atomic mass is 35.5. The summed E-state index contributed by atoms with van der Waals surface area (Å²) >= 11 is 6.05. The van der Waals surface area contributed by atoms with Gasteiger partial charge in [-0.3, -0.25) is 9.78 Å². The monoisotopic (exact) mass is 392 g/mol. The van der Waals surface area contributed by atoms with Crippen LogP contribution in [-0.4, -0.2) is 16.4 Å². The number of aromatic nitrogens is 2. The zero-order valence-electron chi connectivity index (χ0n) is 14.5. The van der Waals surface area contributed by atoms with Gasteiger partial charge in [0, 0.05) is 22.2 Å². The largest absolute Gasteiger partial charge is 0.353 e. The summed E-state index contributed by atoms with van der Waals surface area (Å²) in [5, 5.41) is 7.17. The van der Waals surface area contributed by atoms with Crippen LogP contribution in [0.15, 0.2) is 67.0 Å². The number of hydrogen-bond acceptors (Lipinski definition) is 4. The first-order valence-corrected chi connectivity index (χ1v) is 8.80.